The van der Waals surface area contributed by atoms with Crippen LogP contribution in [0.1, 0.15) is 23.6 Å². The lowest BCUT2D eigenvalue weighted by molar-refractivity contribution is 0.715. The van der Waals surface area contributed by atoms with Crippen LogP contribution in [0.25, 0.3) is 88.0 Å². The van der Waals surface area contributed by atoms with Gasteiger partial charge in [0, 0.05) is 5.41 Å². The maximum absolute atomic E-state index is 2.45. The Labute approximate surface area is 291 Å². The predicted octanol–water partition coefficient (Wildman–Crippen LogP) is 13.5. The number of fused-ring (bicyclic) bond motifs is 8. The smallest absolute Gasteiger partial charge is 0.0435 e. The quantitative estimate of drug-likeness (QED) is 0.182. The van der Waals surface area contributed by atoms with Crippen molar-refractivity contribution in [1.29, 1.82) is 0 Å². The summed E-state index contributed by atoms with van der Waals surface area (Å²) in [6, 6.07) is 65.8. The van der Waals surface area contributed by atoms with E-state index in [-0.39, 0.29) is 5.41 Å². The molecule has 0 N–H and O–H groups in total. The zero-order valence-electron chi connectivity index (χ0n) is 27.7. The molecular formula is C50H32. The molecule has 0 saturated carbocycles. The molecule has 1 unspecified atom stereocenters. The third-order valence-electron chi connectivity index (χ3n) is 11.6. The van der Waals surface area contributed by atoms with Gasteiger partial charge in [-0.15, -0.1) is 0 Å². The summed E-state index contributed by atoms with van der Waals surface area (Å²) in [5.41, 5.74) is 16.9. The van der Waals surface area contributed by atoms with E-state index < -0.39 is 0 Å². The van der Waals surface area contributed by atoms with Gasteiger partial charge in [0.25, 0.3) is 0 Å². The molecule has 0 spiro atoms. The lowest BCUT2D eigenvalue weighted by atomic mass is 9.73. The van der Waals surface area contributed by atoms with Crippen molar-refractivity contribution in [2.45, 2.75) is 12.3 Å². The standard InChI is InChI=1S/C50H32/c1-50(38-16-3-2-4-17-38)45-30-36(25-26-40(45)43-27-34-11-5-6-12-35(34)29-46(43)50)31-21-23-33(24-22-31)48-39-18-8-7-13-37(39)28-44-41-19-9-14-32-15-10-20-42(47(32)41)49(44)48/h2-30H,1H3. The fraction of sp³-hybridized carbons (Fsp3) is 0.0400. The molecular weight excluding hydrogens is 601 g/mol. The van der Waals surface area contributed by atoms with Crippen LogP contribution in [0.5, 0.6) is 0 Å². The Kier molecular flexibility index (Phi) is 5.61. The second-order valence-corrected chi connectivity index (χ2v) is 14.2. The Balaban J connectivity index is 1.08. The summed E-state index contributed by atoms with van der Waals surface area (Å²) in [7, 11) is 0. The largest absolute Gasteiger partial charge is 0.0622 e. The van der Waals surface area contributed by atoms with Gasteiger partial charge < -0.3 is 0 Å². The second kappa shape index (κ2) is 10.1. The normalized spacial score (nSPS) is 15.4. The van der Waals surface area contributed by atoms with Crippen molar-refractivity contribution in [2.75, 3.05) is 0 Å². The van der Waals surface area contributed by atoms with Crippen LogP contribution in [0.15, 0.2) is 176 Å². The minimum absolute atomic E-state index is 0.258. The van der Waals surface area contributed by atoms with E-state index in [9.17, 15) is 0 Å². The van der Waals surface area contributed by atoms with E-state index in [1.807, 2.05) is 0 Å². The van der Waals surface area contributed by atoms with E-state index in [0.29, 0.717) is 0 Å². The zero-order chi connectivity index (χ0) is 33.0. The van der Waals surface area contributed by atoms with Crippen molar-refractivity contribution in [1.82, 2.24) is 0 Å². The first-order valence-corrected chi connectivity index (χ1v) is 17.6. The molecule has 1 atom stereocenters. The van der Waals surface area contributed by atoms with Gasteiger partial charge in [-0.25, -0.2) is 0 Å². The van der Waals surface area contributed by atoms with Crippen molar-refractivity contribution < 1.29 is 0 Å². The molecule has 0 fully saturated rings. The van der Waals surface area contributed by atoms with Crippen LogP contribution < -0.4 is 0 Å². The fourth-order valence-electron chi connectivity index (χ4n) is 9.22. The number of hydrogen-bond acceptors (Lipinski definition) is 0. The summed E-state index contributed by atoms with van der Waals surface area (Å²) in [6.45, 7) is 2.41. The molecule has 2 aliphatic rings. The highest BCUT2D eigenvalue weighted by molar-refractivity contribution is 6.22. The Morgan fingerprint density at radius 2 is 0.940 bits per heavy atom. The third kappa shape index (κ3) is 3.71. The lowest BCUT2D eigenvalue weighted by Gasteiger charge is -2.29. The third-order valence-corrected chi connectivity index (χ3v) is 11.6. The van der Waals surface area contributed by atoms with E-state index in [1.165, 1.54) is 105 Å². The van der Waals surface area contributed by atoms with Gasteiger partial charge in [-0.1, -0.05) is 152 Å². The molecule has 0 saturated heterocycles. The second-order valence-electron chi connectivity index (χ2n) is 14.2. The molecule has 0 aliphatic heterocycles. The molecule has 50 heavy (non-hydrogen) atoms. The summed E-state index contributed by atoms with van der Waals surface area (Å²) in [5, 5.41) is 7.82. The Morgan fingerprint density at radius 1 is 0.340 bits per heavy atom. The van der Waals surface area contributed by atoms with Crippen LogP contribution in [0.2, 0.25) is 0 Å². The van der Waals surface area contributed by atoms with Gasteiger partial charge in [0.1, 0.15) is 0 Å². The van der Waals surface area contributed by atoms with E-state index in [4.69, 9.17) is 0 Å². The van der Waals surface area contributed by atoms with Gasteiger partial charge in [0.15, 0.2) is 0 Å². The topological polar surface area (TPSA) is 0 Å². The van der Waals surface area contributed by atoms with Crippen molar-refractivity contribution >= 4 is 32.3 Å². The average molecular weight is 633 g/mol. The number of rotatable bonds is 3. The summed E-state index contributed by atoms with van der Waals surface area (Å²) < 4.78 is 0. The Hall–Kier alpha value is -6.24. The SMILES string of the molecule is CC1(c2ccccc2)c2cc(-c3ccc(-c4c5c(cc6ccccc46)-c4cccc6cccc-5c46)cc3)ccc2-c2cc3ccccc3cc21. The van der Waals surface area contributed by atoms with E-state index in [0.717, 1.165) is 0 Å². The Morgan fingerprint density at radius 3 is 1.74 bits per heavy atom. The molecule has 0 bridgehead atoms. The van der Waals surface area contributed by atoms with Crippen molar-refractivity contribution in [2.24, 2.45) is 0 Å². The first kappa shape index (κ1) is 27.7. The van der Waals surface area contributed by atoms with Crippen LogP contribution in [-0.2, 0) is 5.41 Å². The van der Waals surface area contributed by atoms with Gasteiger partial charge in [-0.3, -0.25) is 0 Å². The molecule has 0 amide bonds. The maximum atomic E-state index is 2.45. The lowest BCUT2D eigenvalue weighted by Crippen LogP contribution is -2.22. The van der Waals surface area contributed by atoms with Gasteiger partial charge in [0.05, 0.1) is 0 Å². The molecule has 9 aromatic carbocycles. The molecule has 0 heteroatoms. The van der Waals surface area contributed by atoms with E-state index in [1.54, 1.807) is 0 Å². The molecule has 0 radical (unpaired) electrons. The van der Waals surface area contributed by atoms with E-state index >= 15 is 0 Å². The molecule has 11 rings (SSSR count). The van der Waals surface area contributed by atoms with Crippen LogP contribution in [0, 0.1) is 0 Å². The molecule has 9 aromatic rings. The van der Waals surface area contributed by atoms with Crippen LogP contribution in [-0.4, -0.2) is 0 Å². The summed E-state index contributed by atoms with van der Waals surface area (Å²) >= 11 is 0. The van der Waals surface area contributed by atoms with Crippen LogP contribution in [0.4, 0.5) is 0 Å². The minimum Gasteiger partial charge on any atom is -0.0622 e. The molecule has 232 valence electrons. The van der Waals surface area contributed by atoms with Crippen molar-refractivity contribution in [3.8, 4) is 55.6 Å². The molecule has 0 nitrogen and oxygen atoms in total. The highest BCUT2D eigenvalue weighted by Crippen LogP contribution is 2.55. The van der Waals surface area contributed by atoms with Crippen LogP contribution in [0.3, 0.4) is 0 Å². The van der Waals surface area contributed by atoms with Gasteiger partial charge in [-0.2, -0.15) is 0 Å². The number of hydrogen-bond donors (Lipinski definition) is 0. The van der Waals surface area contributed by atoms with Gasteiger partial charge in [0.2, 0.25) is 0 Å². The van der Waals surface area contributed by atoms with Crippen molar-refractivity contribution in [3.63, 3.8) is 0 Å². The predicted molar refractivity (Wildman–Crippen MR) is 212 cm³/mol. The maximum Gasteiger partial charge on any atom is 0.0435 e. The zero-order valence-corrected chi connectivity index (χ0v) is 27.7. The first-order valence-electron chi connectivity index (χ1n) is 17.6. The minimum atomic E-state index is -0.258. The van der Waals surface area contributed by atoms with Gasteiger partial charge in [-0.05, 0) is 136 Å². The van der Waals surface area contributed by atoms with E-state index in [2.05, 4.69) is 183 Å². The average Bonchev–Trinajstić information content (AvgIpc) is 3.63. The summed E-state index contributed by atoms with van der Waals surface area (Å²) in [5.74, 6) is 0. The Bertz CT molecular complexity index is 2850. The molecule has 2 aliphatic carbocycles. The highest BCUT2D eigenvalue weighted by atomic mass is 14.4. The van der Waals surface area contributed by atoms with Gasteiger partial charge >= 0.3 is 0 Å². The fourth-order valence-corrected chi connectivity index (χ4v) is 9.22. The first-order chi connectivity index (χ1) is 24.7. The highest BCUT2D eigenvalue weighted by Gasteiger charge is 2.41. The molecule has 0 aromatic heterocycles. The summed E-state index contributed by atoms with van der Waals surface area (Å²) in [6.07, 6.45) is 0. The van der Waals surface area contributed by atoms with Crippen molar-refractivity contribution in [3.05, 3.63) is 193 Å². The molecule has 0 heterocycles. The number of benzene rings is 9. The monoisotopic (exact) mass is 632 g/mol. The summed E-state index contributed by atoms with van der Waals surface area (Å²) in [4.78, 5) is 0. The van der Waals surface area contributed by atoms with Crippen LogP contribution >= 0.6 is 0 Å².